The standard InChI is InChI=1S/C12H19N3O2S2/c1-14-19(16,17)10-2-3-11(13)12(8-10)15-9-4-6-18-7-5-9/h2-3,8-9,14-15H,4-7,13H2,1H3. The first-order chi connectivity index (χ1) is 9.03. The van der Waals surface area contributed by atoms with Crippen LogP contribution in [-0.4, -0.2) is 33.0 Å². The second-order valence-corrected chi connectivity index (χ2v) is 7.60. The molecule has 106 valence electrons. The first-order valence-corrected chi connectivity index (χ1v) is 8.84. The molecule has 7 heteroatoms. The summed E-state index contributed by atoms with van der Waals surface area (Å²) >= 11 is 1.95. The molecule has 0 aliphatic carbocycles. The van der Waals surface area contributed by atoms with Crippen molar-refractivity contribution in [3.05, 3.63) is 18.2 Å². The molecule has 0 aromatic heterocycles. The largest absolute Gasteiger partial charge is 0.397 e. The van der Waals surface area contributed by atoms with Crippen LogP contribution in [0.4, 0.5) is 11.4 Å². The maximum Gasteiger partial charge on any atom is 0.240 e. The van der Waals surface area contributed by atoms with Gasteiger partial charge in [0.15, 0.2) is 0 Å². The Bertz CT molecular complexity index is 540. The van der Waals surface area contributed by atoms with Crippen LogP contribution in [0.15, 0.2) is 23.1 Å². The van der Waals surface area contributed by atoms with Gasteiger partial charge < -0.3 is 11.1 Å². The van der Waals surface area contributed by atoms with Crippen molar-refractivity contribution >= 4 is 33.2 Å². The van der Waals surface area contributed by atoms with Gasteiger partial charge in [-0.2, -0.15) is 11.8 Å². The van der Waals surface area contributed by atoms with Crippen molar-refractivity contribution < 1.29 is 8.42 Å². The van der Waals surface area contributed by atoms with E-state index in [-0.39, 0.29) is 4.90 Å². The predicted molar refractivity (Wildman–Crippen MR) is 81.1 cm³/mol. The Hall–Kier alpha value is -0.920. The highest BCUT2D eigenvalue weighted by Crippen LogP contribution is 2.26. The van der Waals surface area contributed by atoms with E-state index in [0.29, 0.717) is 17.4 Å². The number of hydrogen-bond acceptors (Lipinski definition) is 5. The molecule has 0 atom stereocenters. The Morgan fingerprint density at radius 3 is 2.63 bits per heavy atom. The highest BCUT2D eigenvalue weighted by atomic mass is 32.2. The van der Waals surface area contributed by atoms with Gasteiger partial charge in [0.1, 0.15) is 0 Å². The van der Waals surface area contributed by atoms with E-state index in [9.17, 15) is 8.42 Å². The first kappa shape index (κ1) is 14.5. The maximum atomic E-state index is 11.8. The Morgan fingerprint density at radius 1 is 1.32 bits per heavy atom. The van der Waals surface area contributed by atoms with Crippen LogP contribution in [-0.2, 0) is 10.0 Å². The van der Waals surface area contributed by atoms with Gasteiger partial charge in [-0.05, 0) is 49.6 Å². The average molecular weight is 301 g/mol. The van der Waals surface area contributed by atoms with Crippen molar-refractivity contribution in [2.45, 2.75) is 23.8 Å². The molecule has 19 heavy (non-hydrogen) atoms. The number of nitrogens with two attached hydrogens (primary N) is 1. The Labute approximate surface area is 118 Å². The first-order valence-electron chi connectivity index (χ1n) is 6.20. The molecule has 1 aromatic carbocycles. The maximum absolute atomic E-state index is 11.8. The van der Waals surface area contributed by atoms with Crippen LogP contribution in [0.2, 0.25) is 0 Å². The van der Waals surface area contributed by atoms with Crippen molar-refractivity contribution in [3.8, 4) is 0 Å². The molecule has 1 aliphatic rings. The molecule has 2 rings (SSSR count). The average Bonchev–Trinajstić information content (AvgIpc) is 2.42. The van der Waals surface area contributed by atoms with E-state index in [1.165, 1.54) is 13.1 Å². The number of nitrogen functional groups attached to an aromatic ring is 1. The fourth-order valence-corrected chi connectivity index (χ4v) is 3.87. The Morgan fingerprint density at radius 2 is 2.00 bits per heavy atom. The second kappa shape index (κ2) is 6.02. The highest BCUT2D eigenvalue weighted by molar-refractivity contribution is 7.99. The lowest BCUT2D eigenvalue weighted by Gasteiger charge is -2.24. The highest BCUT2D eigenvalue weighted by Gasteiger charge is 2.17. The molecule has 1 aromatic rings. The van der Waals surface area contributed by atoms with Crippen LogP contribution >= 0.6 is 11.8 Å². The molecule has 1 saturated heterocycles. The Kier molecular flexibility index (Phi) is 4.59. The van der Waals surface area contributed by atoms with Crippen LogP contribution in [0, 0.1) is 0 Å². The molecule has 5 nitrogen and oxygen atoms in total. The molecule has 0 bridgehead atoms. The summed E-state index contributed by atoms with van der Waals surface area (Å²) in [5.41, 5.74) is 7.19. The van der Waals surface area contributed by atoms with E-state index in [2.05, 4.69) is 10.0 Å². The number of sulfonamides is 1. The smallest absolute Gasteiger partial charge is 0.240 e. The molecule has 1 heterocycles. The lowest BCUT2D eigenvalue weighted by molar-refractivity contribution is 0.588. The van der Waals surface area contributed by atoms with Gasteiger partial charge in [-0.1, -0.05) is 0 Å². The van der Waals surface area contributed by atoms with Crippen LogP contribution < -0.4 is 15.8 Å². The van der Waals surface area contributed by atoms with Gasteiger partial charge in [0.05, 0.1) is 16.3 Å². The molecule has 0 unspecified atom stereocenters. The third-order valence-corrected chi connectivity index (χ3v) is 5.65. The summed E-state index contributed by atoms with van der Waals surface area (Å²) in [4.78, 5) is 0.233. The number of nitrogens with one attached hydrogen (secondary N) is 2. The number of rotatable bonds is 4. The van der Waals surface area contributed by atoms with Crippen molar-refractivity contribution in [1.29, 1.82) is 0 Å². The van der Waals surface area contributed by atoms with E-state index < -0.39 is 10.0 Å². The quantitative estimate of drug-likeness (QED) is 0.734. The van der Waals surface area contributed by atoms with E-state index in [1.54, 1.807) is 12.1 Å². The van der Waals surface area contributed by atoms with Gasteiger partial charge in [-0.3, -0.25) is 0 Å². The van der Waals surface area contributed by atoms with Crippen molar-refractivity contribution in [3.63, 3.8) is 0 Å². The lowest BCUT2D eigenvalue weighted by atomic mass is 10.1. The zero-order chi connectivity index (χ0) is 13.9. The second-order valence-electron chi connectivity index (χ2n) is 4.49. The van der Waals surface area contributed by atoms with Gasteiger partial charge in [0.2, 0.25) is 10.0 Å². The van der Waals surface area contributed by atoms with Crippen LogP contribution in [0.3, 0.4) is 0 Å². The minimum atomic E-state index is -3.43. The molecule has 0 amide bonds. The third-order valence-electron chi connectivity index (χ3n) is 3.18. The van der Waals surface area contributed by atoms with Gasteiger partial charge >= 0.3 is 0 Å². The fraction of sp³-hybridized carbons (Fsp3) is 0.500. The number of hydrogen-bond donors (Lipinski definition) is 3. The van der Waals surface area contributed by atoms with Crippen LogP contribution in [0.1, 0.15) is 12.8 Å². The van der Waals surface area contributed by atoms with E-state index >= 15 is 0 Å². The summed E-state index contributed by atoms with van der Waals surface area (Å²) < 4.78 is 25.9. The van der Waals surface area contributed by atoms with Gasteiger partial charge in [-0.25, -0.2) is 13.1 Å². The summed E-state index contributed by atoms with van der Waals surface area (Å²) in [6.45, 7) is 0. The number of anilines is 2. The minimum absolute atomic E-state index is 0.233. The monoisotopic (exact) mass is 301 g/mol. The third kappa shape index (κ3) is 3.55. The molecular formula is C12H19N3O2S2. The Balaban J connectivity index is 2.22. The molecule has 1 aliphatic heterocycles. The summed E-state index contributed by atoms with van der Waals surface area (Å²) in [6, 6.07) is 5.12. The number of benzene rings is 1. The normalized spacial score (nSPS) is 17.3. The molecule has 1 fully saturated rings. The van der Waals surface area contributed by atoms with Crippen molar-refractivity contribution in [1.82, 2.24) is 4.72 Å². The van der Waals surface area contributed by atoms with Gasteiger partial charge in [0.25, 0.3) is 0 Å². The van der Waals surface area contributed by atoms with Crippen molar-refractivity contribution in [2.75, 3.05) is 29.6 Å². The fourth-order valence-electron chi connectivity index (χ4n) is 2.01. The van der Waals surface area contributed by atoms with E-state index in [0.717, 1.165) is 24.3 Å². The van der Waals surface area contributed by atoms with Crippen LogP contribution in [0.5, 0.6) is 0 Å². The predicted octanol–water partition coefficient (Wildman–Crippen LogP) is 1.48. The minimum Gasteiger partial charge on any atom is -0.397 e. The molecule has 4 N–H and O–H groups in total. The van der Waals surface area contributed by atoms with Crippen molar-refractivity contribution in [2.24, 2.45) is 0 Å². The molecule has 0 radical (unpaired) electrons. The SMILES string of the molecule is CNS(=O)(=O)c1ccc(N)c(NC2CCSCC2)c1. The van der Waals surface area contributed by atoms with Crippen LogP contribution in [0.25, 0.3) is 0 Å². The molecular weight excluding hydrogens is 282 g/mol. The van der Waals surface area contributed by atoms with E-state index in [1.807, 2.05) is 11.8 Å². The zero-order valence-electron chi connectivity index (χ0n) is 10.8. The lowest BCUT2D eigenvalue weighted by Crippen LogP contribution is -2.25. The molecule has 0 saturated carbocycles. The summed E-state index contributed by atoms with van der Waals surface area (Å²) in [6.07, 6.45) is 2.15. The summed E-state index contributed by atoms with van der Waals surface area (Å²) in [5.74, 6) is 2.26. The zero-order valence-corrected chi connectivity index (χ0v) is 12.5. The number of thioether (sulfide) groups is 1. The van der Waals surface area contributed by atoms with Gasteiger partial charge in [0, 0.05) is 6.04 Å². The summed E-state index contributed by atoms with van der Waals surface area (Å²) in [7, 11) is -2.03. The van der Waals surface area contributed by atoms with E-state index in [4.69, 9.17) is 5.73 Å². The summed E-state index contributed by atoms with van der Waals surface area (Å²) in [5, 5.41) is 3.36. The molecule has 0 spiro atoms. The topological polar surface area (TPSA) is 84.2 Å². The van der Waals surface area contributed by atoms with Gasteiger partial charge in [-0.15, -0.1) is 0 Å².